The lowest BCUT2D eigenvalue weighted by molar-refractivity contribution is 0.0906. The average molecular weight is 299 g/mol. The quantitative estimate of drug-likeness (QED) is 0.794. The fraction of sp³-hybridized carbons (Fsp3) is 0.471. The van der Waals surface area contributed by atoms with Gasteiger partial charge in [-0.25, -0.2) is 0 Å². The Labute approximate surface area is 130 Å². The lowest BCUT2D eigenvalue weighted by Crippen LogP contribution is -2.39. The molecule has 5 heteroatoms. The molecule has 0 spiro atoms. The van der Waals surface area contributed by atoms with Gasteiger partial charge >= 0.3 is 6.01 Å². The monoisotopic (exact) mass is 299 g/mol. The Morgan fingerprint density at radius 1 is 1.32 bits per heavy atom. The largest absolute Gasteiger partial charge is 0.408 e. The molecule has 0 radical (unpaired) electrons. The fourth-order valence-electron chi connectivity index (χ4n) is 2.89. The van der Waals surface area contributed by atoms with Crippen LogP contribution in [0.2, 0.25) is 0 Å². The van der Waals surface area contributed by atoms with Crippen molar-refractivity contribution >= 4 is 11.8 Å². The molecule has 1 aliphatic rings. The summed E-state index contributed by atoms with van der Waals surface area (Å²) in [6.45, 7) is 3.60. The Morgan fingerprint density at radius 3 is 2.91 bits per heavy atom. The number of hydrogen-bond acceptors (Lipinski definition) is 5. The highest BCUT2D eigenvalue weighted by Gasteiger charge is 2.28. The fourth-order valence-corrected chi connectivity index (χ4v) is 2.89. The number of benzene rings is 1. The number of hydrogen-bond donors (Lipinski definition) is 0. The Hall–Kier alpha value is -2.17. The number of nitrogens with zero attached hydrogens (tertiary/aromatic N) is 3. The summed E-state index contributed by atoms with van der Waals surface area (Å²) in [5.41, 5.74) is 0.784. The summed E-state index contributed by atoms with van der Waals surface area (Å²) in [4.78, 5) is 14.6. The van der Waals surface area contributed by atoms with E-state index in [9.17, 15) is 4.79 Å². The van der Waals surface area contributed by atoms with Crippen LogP contribution >= 0.6 is 0 Å². The number of Topliss-reactive ketones (excluding diaryl/α,β-unsaturated/α-hetero) is 1. The van der Waals surface area contributed by atoms with E-state index in [0.717, 1.165) is 37.8 Å². The van der Waals surface area contributed by atoms with Crippen LogP contribution in [0.4, 0.5) is 6.01 Å². The van der Waals surface area contributed by atoms with Crippen molar-refractivity contribution in [1.82, 2.24) is 10.2 Å². The molecule has 1 fully saturated rings. The van der Waals surface area contributed by atoms with Gasteiger partial charge in [0.05, 0.1) is 0 Å². The van der Waals surface area contributed by atoms with Crippen LogP contribution in [-0.4, -0.2) is 29.1 Å². The third kappa shape index (κ3) is 3.18. The van der Waals surface area contributed by atoms with E-state index in [1.807, 2.05) is 35.2 Å². The van der Waals surface area contributed by atoms with Crippen LogP contribution in [0.1, 0.15) is 42.4 Å². The molecule has 3 rings (SSSR count). The zero-order valence-electron chi connectivity index (χ0n) is 12.9. The number of carbonyl (C=O) groups excluding carboxylic acids is 1. The molecule has 0 unspecified atom stereocenters. The first-order chi connectivity index (χ1) is 10.8. The Kier molecular flexibility index (Phi) is 4.51. The van der Waals surface area contributed by atoms with Gasteiger partial charge in [-0.3, -0.25) is 4.79 Å². The van der Waals surface area contributed by atoms with E-state index in [2.05, 4.69) is 17.1 Å². The molecular formula is C17H21N3O2. The second-order valence-corrected chi connectivity index (χ2v) is 5.74. The first kappa shape index (κ1) is 14.8. The van der Waals surface area contributed by atoms with Crippen LogP contribution in [0.25, 0.3) is 0 Å². The summed E-state index contributed by atoms with van der Waals surface area (Å²) in [6, 6.07) is 10.1. The zero-order valence-corrected chi connectivity index (χ0v) is 12.9. The van der Waals surface area contributed by atoms with E-state index >= 15 is 0 Å². The highest BCUT2D eigenvalue weighted by atomic mass is 16.4. The standard InChI is InChI=1S/C17H21N3O2/c1-2-7-15-18-19-17(22-15)20-11-6-10-14(12-20)16(21)13-8-4-3-5-9-13/h3-5,8-9,14H,2,6-7,10-12H2,1H3/t14-/m0/s1. The molecule has 0 amide bonds. The predicted octanol–water partition coefficient (Wildman–Crippen LogP) is 3.12. The van der Waals surface area contributed by atoms with E-state index in [4.69, 9.17) is 4.42 Å². The number of rotatable bonds is 5. The summed E-state index contributed by atoms with van der Waals surface area (Å²) in [5, 5.41) is 8.19. The molecule has 2 aromatic rings. The minimum atomic E-state index is -0.00215. The van der Waals surface area contributed by atoms with E-state index in [1.165, 1.54) is 0 Å². The van der Waals surface area contributed by atoms with Crippen molar-refractivity contribution in [2.45, 2.75) is 32.6 Å². The maximum atomic E-state index is 12.6. The molecule has 0 aliphatic carbocycles. The van der Waals surface area contributed by atoms with Gasteiger partial charge in [0.1, 0.15) is 0 Å². The van der Waals surface area contributed by atoms with Crippen LogP contribution in [0.3, 0.4) is 0 Å². The summed E-state index contributed by atoms with van der Waals surface area (Å²) in [6.07, 6.45) is 3.67. The molecule has 1 aromatic carbocycles. The molecule has 2 heterocycles. The number of carbonyl (C=O) groups is 1. The van der Waals surface area contributed by atoms with Gasteiger partial charge in [0.15, 0.2) is 5.78 Å². The third-order valence-corrected chi connectivity index (χ3v) is 4.04. The number of aromatic nitrogens is 2. The average Bonchev–Trinajstić information content (AvgIpc) is 3.04. The van der Waals surface area contributed by atoms with Gasteiger partial charge in [0.25, 0.3) is 0 Å². The second-order valence-electron chi connectivity index (χ2n) is 5.74. The van der Waals surface area contributed by atoms with Crippen molar-refractivity contribution in [2.24, 2.45) is 5.92 Å². The Bertz CT molecular complexity index is 624. The Morgan fingerprint density at radius 2 is 2.14 bits per heavy atom. The molecule has 0 bridgehead atoms. The van der Waals surface area contributed by atoms with Crippen LogP contribution in [0.15, 0.2) is 34.7 Å². The molecule has 22 heavy (non-hydrogen) atoms. The van der Waals surface area contributed by atoms with Crippen LogP contribution in [0.5, 0.6) is 0 Å². The lowest BCUT2D eigenvalue weighted by atomic mass is 9.90. The van der Waals surface area contributed by atoms with Crippen molar-refractivity contribution in [3.8, 4) is 0 Å². The lowest BCUT2D eigenvalue weighted by Gasteiger charge is -2.30. The molecule has 1 atom stereocenters. The van der Waals surface area contributed by atoms with Crippen molar-refractivity contribution in [3.05, 3.63) is 41.8 Å². The van der Waals surface area contributed by atoms with Crippen molar-refractivity contribution in [1.29, 1.82) is 0 Å². The van der Waals surface area contributed by atoms with E-state index < -0.39 is 0 Å². The molecule has 0 N–H and O–H groups in total. The van der Waals surface area contributed by atoms with E-state index in [-0.39, 0.29) is 11.7 Å². The Balaban J connectivity index is 1.69. The highest BCUT2D eigenvalue weighted by Crippen LogP contribution is 2.25. The van der Waals surface area contributed by atoms with E-state index in [0.29, 0.717) is 18.5 Å². The highest BCUT2D eigenvalue weighted by molar-refractivity contribution is 5.98. The van der Waals surface area contributed by atoms with Crippen molar-refractivity contribution < 1.29 is 9.21 Å². The van der Waals surface area contributed by atoms with E-state index in [1.54, 1.807) is 0 Å². The predicted molar refractivity (Wildman–Crippen MR) is 84.0 cm³/mol. The molecule has 116 valence electrons. The SMILES string of the molecule is CCCc1nnc(N2CCC[C@H](C(=O)c3ccccc3)C2)o1. The summed E-state index contributed by atoms with van der Waals surface area (Å²) in [7, 11) is 0. The normalized spacial score (nSPS) is 18.4. The number of aryl methyl sites for hydroxylation is 1. The summed E-state index contributed by atoms with van der Waals surface area (Å²) < 4.78 is 5.69. The van der Waals surface area contributed by atoms with Gasteiger partial charge < -0.3 is 9.32 Å². The van der Waals surface area contributed by atoms with Gasteiger partial charge in [0.2, 0.25) is 5.89 Å². The zero-order chi connectivity index (χ0) is 15.4. The first-order valence-corrected chi connectivity index (χ1v) is 7.94. The van der Waals surface area contributed by atoms with Crippen LogP contribution in [0, 0.1) is 5.92 Å². The number of ketones is 1. The van der Waals surface area contributed by atoms with Gasteiger partial charge in [-0.05, 0) is 19.3 Å². The summed E-state index contributed by atoms with van der Waals surface area (Å²) >= 11 is 0. The maximum absolute atomic E-state index is 12.6. The maximum Gasteiger partial charge on any atom is 0.318 e. The third-order valence-electron chi connectivity index (χ3n) is 4.04. The second kappa shape index (κ2) is 6.73. The molecule has 1 aliphatic heterocycles. The molecule has 0 saturated carbocycles. The molecule has 5 nitrogen and oxygen atoms in total. The van der Waals surface area contributed by atoms with Crippen LogP contribution < -0.4 is 4.90 Å². The minimum Gasteiger partial charge on any atom is -0.408 e. The van der Waals surface area contributed by atoms with Crippen LogP contribution in [-0.2, 0) is 6.42 Å². The summed E-state index contributed by atoms with van der Waals surface area (Å²) in [5.74, 6) is 0.880. The molecular weight excluding hydrogens is 278 g/mol. The number of piperidine rings is 1. The minimum absolute atomic E-state index is 0.00215. The number of anilines is 1. The van der Waals surface area contributed by atoms with Crippen molar-refractivity contribution in [2.75, 3.05) is 18.0 Å². The van der Waals surface area contributed by atoms with Gasteiger partial charge in [-0.2, -0.15) is 0 Å². The molecule has 1 aromatic heterocycles. The van der Waals surface area contributed by atoms with Crippen molar-refractivity contribution in [3.63, 3.8) is 0 Å². The first-order valence-electron chi connectivity index (χ1n) is 7.94. The van der Waals surface area contributed by atoms with Gasteiger partial charge in [0, 0.05) is 31.0 Å². The van der Waals surface area contributed by atoms with Gasteiger partial charge in [-0.15, -0.1) is 5.10 Å². The topological polar surface area (TPSA) is 59.2 Å². The molecule has 1 saturated heterocycles. The van der Waals surface area contributed by atoms with Gasteiger partial charge in [-0.1, -0.05) is 42.4 Å². The smallest absolute Gasteiger partial charge is 0.318 e.